The number of hydrogen-bond acceptors (Lipinski definition) is 2. The molecule has 3 N–H and O–H groups in total. The molecule has 0 bridgehead atoms. The second-order valence-corrected chi connectivity index (χ2v) is 2.76. The Morgan fingerprint density at radius 3 is 2.50 bits per heavy atom. The Hall–Kier alpha value is -0.150. The molecule has 0 aromatic heterocycles. The van der Waals surface area contributed by atoms with Gasteiger partial charge in [0.2, 0.25) is 0 Å². The van der Waals surface area contributed by atoms with E-state index in [0.29, 0.717) is 0 Å². The predicted molar refractivity (Wildman–Crippen MR) is 41.7 cm³/mol. The highest BCUT2D eigenvalue weighted by atomic mass is 19.1. The summed E-state index contributed by atoms with van der Waals surface area (Å²) in [6.45, 7) is 6.11. The summed E-state index contributed by atoms with van der Waals surface area (Å²) in [5.74, 6) is 0. The van der Waals surface area contributed by atoms with E-state index < -0.39 is 5.67 Å². The summed E-state index contributed by atoms with van der Waals surface area (Å²) in [4.78, 5) is 0. The number of hydrogen-bond donors (Lipinski definition) is 2. The highest BCUT2D eigenvalue weighted by molar-refractivity contribution is 4.85. The first-order valence-electron chi connectivity index (χ1n) is 3.67. The number of nitrogens with two attached hydrogens (primary N) is 1. The molecule has 0 spiro atoms. The lowest BCUT2D eigenvalue weighted by molar-refractivity contribution is 0.146. The van der Waals surface area contributed by atoms with Gasteiger partial charge in [0.05, 0.1) is 0 Å². The van der Waals surface area contributed by atoms with Crippen molar-refractivity contribution in [2.45, 2.75) is 32.5 Å². The monoisotopic (exact) mass is 148 g/mol. The Balaban J connectivity index is 3.78. The lowest BCUT2D eigenvalue weighted by atomic mass is 10.0. The molecule has 0 aliphatic rings. The zero-order valence-corrected chi connectivity index (χ0v) is 6.95. The summed E-state index contributed by atoms with van der Waals surface area (Å²) in [6, 6.07) is -0.164. The third-order valence-corrected chi connectivity index (χ3v) is 1.81. The van der Waals surface area contributed by atoms with Crippen molar-refractivity contribution < 1.29 is 4.39 Å². The van der Waals surface area contributed by atoms with Gasteiger partial charge in [-0.15, -0.1) is 0 Å². The van der Waals surface area contributed by atoms with Crippen molar-refractivity contribution in [2.75, 3.05) is 13.1 Å². The van der Waals surface area contributed by atoms with Gasteiger partial charge in [-0.3, -0.25) is 0 Å². The summed E-state index contributed by atoms with van der Waals surface area (Å²) in [5.41, 5.74) is 3.94. The molecule has 0 saturated heterocycles. The third-order valence-electron chi connectivity index (χ3n) is 1.81. The minimum atomic E-state index is -1.28. The summed E-state index contributed by atoms with van der Waals surface area (Å²) in [6.07, 6.45) is 0. The highest BCUT2D eigenvalue weighted by Gasteiger charge is 2.27. The summed E-state index contributed by atoms with van der Waals surface area (Å²) in [5, 5.41) is 2.98. The van der Waals surface area contributed by atoms with Crippen molar-refractivity contribution in [3.05, 3.63) is 0 Å². The Kier molecular flexibility index (Phi) is 3.83. The first kappa shape index (κ1) is 9.85. The van der Waals surface area contributed by atoms with E-state index in [1.807, 2.05) is 6.92 Å². The molecule has 62 valence electrons. The molecule has 2 atom stereocenters. The van der Waals surface area contributed by atoms with E-state index in [-0.39, 0.29) is 12.6 Å². The van der Waals surface area contributed by atoms with Crippen LogP contribution < -0.4 is 11.1 Å². The van der Waals surface area contributed by atoms with Crippen LogP contribution in [0.1, 0.15) is 20.8 Å². The van der Waals surface area contributed by atoms with Crippen LogP contribution in [0.2, 0.25) is 0 Å². The second kappa shape index (κ2) is 3.88. The maximum Gasteiger partial charge on any atom is 0.135 e. The zero-order chi connectivity index (χ0) is 8.20. The van der Waals surface area contributed by atoms with Gasteiger partial charge in [-0.25, -0.2) is 4.39 Å². The Morgan fingerprint density at radius 1 is 1.70 bits per heavy atom. The normalized spacial score (nSPS) is 20.1. The Labute approximate surface area is 62.0 Å². The smallest absolute Gasteiger partial charge is 0.135 e. The molecule has 0 aliphatic carbocycles. The van der Waals surface area contributed by atoms with Crippen LogP contribution in [0.4, 0.5) is 4.39 Å². The molecule has 0 aliphatic heterocycles. The van der Waals surface area contributed by atoms with Crippen molar-refractivity contribution in [2.24, 2.45) is 5.73 Å². The van der Waals surface area contributed by atoms with E-state index in [1.54, 1.807) is 6.92 Å². The first-order chi connectivity index (χ1) is 4.54. The van der Waals surface area contributed by atoms with Crippen molar-refractivity contribution in [3.63, 3.8) is 0 Å². The quantitative estimate of drug-likeness (QED) is 0.615. The van der Waals surface area contributed by atoms with Gasteiger partial charge in [0, 0.05) is 12.6 Å². The maximum absolute atomic E-state index is 13.2. The maximum atomic E-state index is 13.2. The van der Waals surface area contributed by atoms with E-state index in [1.165, 1.54) is 6.92 Å². The molecule has 2 nitrogen and oxygen atoms in total. The van der Waals surface area contributed by atoms with Crippen LogP contribution >= 0.6 is 0 Å². The van der Waals surface area contributed by atoms with Gasteiger partial charge >= 0.3 is 0 Å². The van der Waals surface area contributed by atoms with Crippen LogP contribution in [-0.2, 0) is 0 Å². The van der Waals surface area contributed by atoms with Gasteiger partial charge in [-0.1, -0.05) is 6.92 Å². The minimum absolute atomic E-state index is 0.0706. The third kappa shape index (κ3) is 2.62. The SMILES string of the molecule is CCNC(C)C(C)(F)CN. The van der Waals surface area contributed by atoms with Crippen molar-refractivity contribution in [1.29, 1.82) is 0 Å². The number of halogens is 1. The molecule has 0 saturated carbocycles. The molecule has 10 heavy (non-hydrogen) atoms. The topological polar surface area (TPSA) is 38.0 Å². The fraction of sp³-hybridized carbons (Fsp3) is 1.00. The standard InChI is InChI=1S/C7H17FN2/c1-4-10-6(2)7(3,8)5-9/h6,10H,4-5,9H2,1-3H3. The van der Waals surface area contributed by atoms with E-state index in [2.05, 4.69) is 5.32 Å². The fourth-order valence-electron chi connectivity index (χ4n) is 0.696. The van der Waals surface area contributed by atoms with Crippen molar-refractivity contribution in [3.8, 4) is 0 Å². The molecule has 0 amide bonds. The largest absolute Gasteiger partial charge is 0.327 e. The van der Waals surface area contributed by atoms with Gasteiger partial charge in [0.15, 0.2) is 0 Å². The van der Waals surface area contributed by atoms with Gasteiger partial charge in [0.25, 0.3) is 0 Å². The minimum Gasteiger partial charge on any atom is -0.327 e. The van der Waals surface area contributed by atoms with Crippen LogP contribution in [0.15, 0.2) is 0 Å². The predicted octanol–water partition coefficient (Wildman–Crippen LogP) is 0.671. The summed E-state index contributed by atoms with van der Waals surface area (Å²) >= 11 is 0. The fourth-order valence-corrected chi connectivity index (χ4v) is 0.696. The van der Waals surface area contributed by atoms with E-state index in [9.17, 15) is 4.39 Å². The van der Waals surface area contributed by atoms with E-state index in [0.717, 1.165) is 6.54 Å². The summed E-state index contributed by atoms with van der Waals surface area (Å²) < 4.78 is 13.2. The first-order valence-corrected chi connectivity index (χ1v) is 3.67. The lowest BCUT2D eigenvalue weighted by Crippen LogP contribution is -2.48. The van der Waals surface area contributed by atoms with E-state index in [4.69, 9.17) is 5.73 Å². The molecule has 0 rings (SSSR count). The molecule has 3 heteroatoms. The molecule has 0 aromatic rings. The molecule has 2 unspecified atom stereocenters. The zero-order valence-electron chi connectivity index (χ0n) is 6.95. The van der Waals surface area contributed by atoms with Gasteiger partial charge in [-0.05, 0) is 20.4 Å². The van der Waals surface area contributed by atoms with Crippen molar-refractivity contribution in [1.82, 2.24) is 5.32 Å². The molecular formula is C7H17FN2. The lowest BCUT2D eigenvalue weighted by Gasteiger charge is -2.26. The van der Waals surface area contributed by atoms with Crippen LogP contribution in [-0.4, -0.2) is 24.8 Å². The highest BCUT2D eigenvalue weighted by Crippen LogP contribution is 2.12. The second-order valence-electron chi connectivity index (χ2n) is 2.76. The molecule has 0 heterocycles. The number of rotatable bonds is 4. The van der Waals surface area contributed by atoms with Gasteiger partial charge in [0.1, 0.15) is 5.67 Å². The Bertz CT molecular complexity index is 93.6. The Morgan fingerprint density at radius 2 is 2.20 bits per heavy atom. The van der Waals surface area contributed by atoms with Crippen molar-refractivity contribution >= 4 is 0 Å². The average Bonchev–Trinajstić information content (AvgIpc) is 1.89. The summed E-state index contributed by atoms with van der Waals surface area (Å²) in [7, 11) is 0. The molecule has 0 aromatic carbocycles. The van der Waals surface area contributed by atoms with Crippen LogP contribution in [0, 0.1) is 0 Å². The molecular weight excluding hydrogens is 131 g/mol. The molecule has 0 fully saturated rings. The number of alkyl halides is 1. The molecule has 0 radical (unpaired) electrons. The van der Waals surface area contributed by atoms with E-state index >= 15 is 0 Å². The van der Waals surface area contributed by atoms with Crippen LogP contribution in [0.3, 0.4) is 0 Å². The number of nitrogens with one attached hydrogen (secondary N) is 1. The van der Waals surface area contributed by atoms with Gasteiger partial charge < -0.3 is 11.1 Å². The average molecular weight is 148 g/mol. The van der Waals surface area contributed by atoms with Crippen LogP contribution in [0.25, 0.3) is 0 Å². The van der Waals surface area contributed by atoms with Crippen LogP contribution in [0.5, 0.6) is 0 Å². The van der Waals surface area contributed by atoms with Gasteiger partial charge in [-0.2, -0.15) is 0 Å².